The monoisotopic (exact) mass is 327 g/mol. The van der Waals surface area contributed by atoms with Gasteiger partial charge < -0.3 is 15.8 Å². The molecule has 0 unspecified atom stereocenters. The van der Waals surface area contributed by atoms with Crippen molar-refractivity contribution in [1.82, 2.24) is 0 Å². The maximum absolute atomic E-state index is 12.2. The zero-order valence-electron chi connectivity index (χ0n) is 13.9. The lowest BCUT2D eigenvalue weighted by atomic mass is 10.2. The quantitative estimate of drug-likeness (QED) is 0.746. The number of ether oxygens (including phenoxy) is 1. The van der Waals surface area contributed by atoms with Crippen LogP contribution in [0.1, 0.15) is 31.1 Å². The Balaban J connectivity index is 2.05. The molecular formula is C18H21N3O3. The van der Waals surface area contributed by atoms with Gasteiger partial charge in [0.15, 0.2) is 0 Å². The van der Waals surface area contributed by atoms with Gasteiger partial charge in [0, 0.05) is 22.6 Å². The molecule has 0 aliphatic rings. The Morgan fingerprint density at radius 2 is 1.58 bits per heavy atom. The summed E-state index contributed by atoms with van der Waals surface area (Å²) in [6.45, 7) is 5.36. The smallest absolute Gasteiger partial charge is 0.412 e. The van der Waals surface area contributed by atoms with Gasteiger partial charge in [0.25, 0.3) is 5.91 Å². The summed E-state index contributed by atoms with van der Waals surface area (Å²) in [5.74, 6) is -0.281. The maximum atomic E-state index is 12.2. The zero-order chi connectivity index (χ0) is 17.7. The molecule has 0 aliphatic carbocycles. The molecule has 0 atom stereocenters. The fourth-order valence-corrected chi connectivity index (χ4v) is 1.98. The van der Waals surface area contributed by atoms with Crippen LogP contribution in [-0.4, -0.2) is 17.6 Å². The van der Waals surface area contributed by atoms with E-state index in [-0.39, 0.29) is 5.91 Å². The summed E-state index contributed by atoms with van der Waals surface area (Å²) in [6.07, 6.45) is -0.554. The normalized spacial score (nSPS) is 10.8. The summed E-state index contributed by atoms with van der Waals surface area (Å²) >= 11 is 0. The van der Waals surface area contributed by atoms with E-state index in [1.807, 2.05) is 0 Å². The molecule has 0 spiro atoms. The van der Waals surface area contributed by atoms with Crippen molar-refractivity contribution in [3.63, 3.8) is 0 Å². The average Bonchev–Trinajstić information content (AvgIpc) is 2.45. The first-order valence-corrected chi connectivity index (χ1v) is 7.50. The molecule has 6 heteroatoms. The molecule has 0 aliphatic heterocycles. The molecule has 0 bridgehead atoms. The van der Waals surface area contributed by atoms with Crippen LogP contribution in [0.2, 0.25) is 0 Å². The van der Waals surface area contributed by atoms with Gasteiger partial charge in [-0.25, -0.2) is 4.79 Å². The van der Waals surface area contributed by atoms with Crippen molar-refractivity contribution in [1.29, 1.82) is 0 Å². The third-order valence-corrected chi connectivity index (χ3v) is 2.91. The molecular weight excluding hydrogens is 306 g/mol. The van der Waals surface area contributed by atoms with Gasteiger partial charge in [-0.05, 0) is 57.2 Å². The number of nitrogens with two attached hydrogens (primary N) is 1. The lowest BCUT2D eigenvalue weighted by molar-refractivity contribution is 0.0636. The van der Waals surface area contributed by atoms with Crippen LogP contribution in [0, 0.1) is 0 Å². The number of carbonyl (C=O) groups is 2. The average molecular weight is 327 g/mol. The van der Waals surface area contributed by atoms with Crippen molar-refractivity contribution in [3.05, 3.63) is 54.1 Å². The number of nitrogen functional groups attached to an aromatic ring is 1. The fourth-order valence-electron chi connectivity index (χ4n) is 1.98. The van der Waals surface area contributed by atoms with E-state index in [4.69, 9.17) is 10.5 Å². The van der Waals surface area contributed by atoms with E-state index in [1.165, 1.54) is 0 Å². The van der Waals surface area contributed by atoms with E-state index >= 15 is 0 Å². The zero-order valence-corrected chi connectivity index (χ0v) is 13.9. The van der Waals surface area contributed by atoms with Crippen LogP contribution in [0.3, 0.4) is 0 Å². The standard InChI is InChI=1S/C18H21N3O3/c1-18(2,3)24-17(23)21-15-9-5-8-14(11-15)20-16(22)12-6-4-7-13(19)10-12/h4-11H,19H2,1-3H3,(H,20,22)(H,21,23). The van der Waals surface area contributed by atoms with E-state index in [2.05, 4.69) is 10.6 Å². The molecule has 0 aromatic heterocycles. The minimum Gasteiger partial charge on any atom is -0.444 e. The number of hydrogen-bond donors (Lipinski definition) is 3. The van der Waals surface area contributed by atoms with Gasteiger partial charge in [0.1, 0.15) is 5.60 Å². The molecule has 2 amide bonds. The minimum absolute atomic E-state index is 0.281. The first-order chi connectivity index (χ1) is 11.2. The third kappa shape index (κ3) is 5.31. The largest absolute Gasteiger partial charge is 0.444 e. The highest BCUT2D eigenvalue weighted by Crippen LogP contribution is 2.18. The Bertz CT molecular complexity index is 751. The highest BCUT2D eigenvalue weighted by Gasteiger charge is 2.16. The van der Waals surface area contributed by atoms with Gasteiger partial charge in [-0.1, -0.05) is 12.1 Å². The second-order valence-electron chi connectivity index (χ2n) is 6.29. The van der Waals surface area contributed by atoms with Crippen LogP contribution in [0.5, 0.6) is 0 Å². The van der Waals surface area contributed by atoms with E-state index in [0.29, 0.717) is 22.6 Å². The number of anilines is 3. The van der Waals surface area contributed by atoms with E-state index in [9.17, 15) is 9.59 Å². The number of nitrogens with one attached hydrogen (secondary N) is 2. The van der Waals surface area contributed by atoms with Gasteiger partial charge in [-0.2, -0.15) is 0 Å². The highest BCUT2D eigenvalue weighted by atomic mass is 16.6. The lowest BCUT2D eigenvalue weighted by Gasteiger charge is -2.19. The molecule has 0 saturated heterocycles. The van der Waals surface area contributed by atoms with Gasteiger partial charge in [-0.3, -0.25) is 10.1 Å². The van der Waals surface area contributed by atoms with Gasteiger partial charge >= 0.3 is 6.09 Å². The van der Waals surface area contributed by atoms with Crippen molar-refractivity contribution in [3.8, 4) is 0 Å². The summed E-state index contributed by atoms with van der Waals surface area (Å²) < 4.78 is 5.19. The van der Waals surface area contributed by atoms with E-state index < -0.39 is 11.7 Å². The summed E-state index contributed by atoms with van der Waals surface area (Å²) in [7, 11) is 0. The van der Waals surface area contributed by atoms with E-state index in [0.717, 1.165) is 0 Å². The van der Waals surface area contributed by atoms with Crippen molar-refractivity contribution in [2.45, 2.75) is 26.4 Å². The summed E-state index contributed by atoms with van der Waals surface area (Å²) in [5, 5.41) is 5.39. The van der Waals surface area contributed by atoms with Crippen molar-refractivity contribution >= 4 is 29.1 Å². The van der Waals surface area contributed by atoms with Crippen molar-refractivity contribution in [2.75, 3.05) is 16.4 Å². The van der Waals surface area contributed by atoms with Crippen LogP contribution in [0.25, 0.3) is 0 Å². The summed E-state index contributed by atoms with van der Waals surface area (Å²) in [5.41, 5.74) is 7.15. The molecule has 0 fully saturated rings. The van der Waals surface area contributed by atoms with Crippen LogP contribution < -0.4 is 16.4 Å². The third-order valence-electron chi connectivity index (χ3n) is 2.91. The molecule has 4 N–H and O–H groups in total. The Morgan fingerprint density at radius 1 is 0.958 bits per heavy atom. The summed E-state index contributed by atoms with van der Waals surface area (Å²) in [4.78, 5) is 24.0. The predicted molar refractivity (Wildman–Crippen MR) is 95.1 cm³/mol. The molecule has 0 heterocycles. The Hall–Kier alpha value is -3.02. The van der Waals surface area contributed by atoms with Crippen molar-refractivity contribution < 1.29 is 14.3 Å². The molecule has 6 nitrogen and oxygen atoms in total. The Morgan fingerprint density at radius 3 is 2.21 bits per heavy atom. The topological polar surface area (TPSA) is 93.5 Å². The second kappa shape index (κ2) is 7.04. The van der Waals surface area contributed by atoms with Gasteiger partial charge in [0.05, 0.1) is 0 Å². The van der Waals surface area contributed by atoms with Crippen LogP contribution in [0.15, 0.2) is 48.5 Å². The minimum atomic E-state index is -0.580. The maximum Gasteiger partial charge on any atom is 0.412 e. The molecule has 2 aromatic rings. The SMILES string of the molecule is CC(C)(C)OC(=O)Nc1cccc(NC(=O)c2cccc(N)c2)c1. The number of carbonyl (C=O) groups excluding carboxylic acids is 2. The highest BCUT2D eigenvalue weighted by molar-refractivity contribution is 6.05. The molecule has 0 saturated carbocycles. The number of benzene rings is 2. The number of rotatable bonds is 3. The van der Waals surface area contributed by atoms with Crippen molar-refractivity contribution in [2.24, 2.45) is 0 Å². The van der Waals surface area contributed by atoms with Crippen LogP contribution in [-0.2, 0) is 4.74 Å². The second-order valence-corrected chi connectivity index (χ2v) is 6.29. The van der Waals surface area contributed by atoms with Gasteiger partial charge in [0.2, 0.25) is 0 Å². The molecule has 2 rings (SSSR count). The lowest BCUT2D eigenvalue weighted by Crippen LogP contribution is -2.27. The first kappa shape index (κ1) is 17.3. The van der Waals surface area contributed by atoms with Crippen LogP contribution >= 0.6 is 0 Å². The Labute approximate surface area is 141 Å². The molecule has 126 valence electrons. The number of hydrogen-bond acceptors (Lipinski definition) is 4. The number of amides is 2. The molecule has 24 heavy (non-hydrogen) atoms. The van der Waals surface area contributed by atoms with Crippen LogP contribution in [0.4, 0.5) is 21.9 Å². The summed E-state index contributed by atoms with van der Waals surface area (Å²) in [6, 6.07) is 13.5. The first-order valence-electron chi connectivity index (χ1n) is 7.50. The van der Waals surface area contributed by atoms with E-state index in [1.54, 1.807) is 69.3 Å². The molecule has 2 aromatic carbocycles. The predicted octanol–water partition coefficient (Wildman–Crippen LogP) is 3.87. The van der Waals surface area contributed by atoms with Gasteiger partial charge in [-0.15, -0.1) is 0 Å². The fraction of sp³-hybridized carbons (Fsp3) is 0.222. The molecule has 0 radical (unpaired) electrons. The Kier molecular flexibility index (Phi) is 5.08.